The molecule has 1 aromatic carbocycles. The molecule has 1 amide bonds. The summed E-state index contributed by atoms with van der Waals surface area (Å²) >= 11 is 0. The number of nitrogens with one attached hydrogen (secondary N) is 1. The summed E-state index contributed by atoms with van der Waals surface area (Å²) in [5.74, 6) is -1.29. The van der Waals surface area contributed by atoms with Crippen LogP contribution in [0.2, 0.25) is 0 Å². The number of hydrogen-bond acceptors (Lipinski definition) is 4. The SMILES string of the molecule is Cc1ccccc1N(CCC(=O)O)C(=O)c1ncn[nH]1. The fraction of sp³-hybridized carbons (Fsp3) is 0.231. The van der Waals surface area contributed by atoms with Crippen LogP contribution in [0.25, 0.3) is 0 Å². The maximum atomic E-state index is 12.4. The highest BCUT2D eigenvalue weighted by Crippen LogP contribution is 2.21. The van der Waals surface area contributed by atoms with Crippen LogP contribution in [0.5, 0.6) is 0 Å². The van der Waals surface area contributed by atoms with E-state index in [0.717, 1.165) is 5.56 Å². The lowest BCUT2D eigenvalue weighted by atomic mass is 10.1. The van der Waals surface area contributed by atoms with Gasteiger partial charge in [-0.3, -0.25) is 14.7 Å². The van der Waals surface area contributed by atoms with Crippen molar-refractivity contribution in [2.45, 2.75) is 13.3 Å². The predicted octanol–water partition coefficient (Wildman–Crippen LogP) is 1.23. The van der Waals surface area contributed by atoms with Gasteiger partial charge in [-0.15, -0.1) is 0 Å². The van der Waals surface area contributed by atoms with Gasteiger partial charge < -0.3 is 10.0 Å². The van der Waals surface area contributed by atoms with E-state index in [0.29, 0.717) is 5.69 Å². The fourth-order valence-electron chi connectivity index (χ4n) is 1.84. The van der Waals surface area contributed by atoms with Crippen molar-refractivity contribution in [2.24, 2.45) is 0 Å². The van der Waals surface area contributed by atoms with Crippen LogP contribution in [-0.2, 0) is 4.79 Å². The normalized spacial score (nSPS) is 10.2. The molecule has 2 N–H and O–H groups in total. The fourth-order valence-corrected chi connectivity index (χ4v) is 1.84. The molecule has 0 bridgehead atoms. The van der Waals surface area contributed by atoms with Gasteiger partial charge in [0.25, 0.3) is 5.91 Å². The first-order chi connectivity index (χ1) is 9.59. The maximum absolute atomic E-state index is 12.4. The molecule has 104 valence electrons. The Labute approximate surface area is 115 Å². The van der Waals surface area contributed by atoms with E-state index >= 15 is 0 Å². The van der Waals surface area contributed by atoms with Crippen LogP contribution in [0.15, 0.2) is 30.6 Å². The summed E-state index contributed by atoms with van der Waals surface area (Å²) in [6.07, 6.45) is 1.09. The average Bonchev–Trinajstić information content (AvgIpc) is 2.94. The maximum Gasteiger partial charge on any atom is 0.305 e. The number of nitrogens with zero attached hydrogens (tertiary/aromatic N) is 3. The highest BCUT2D eigenvalue weighted by atomic mass is 16.4. The number of carboxylic acid groups (broad SMARTS) is 1. The summed E-state index contributed by atoms with van der Waals surface area (Å²) in [6.45, 7) is 1.93. The quantitative estimate of drug-likeness (QED) is 0.854. The van der Waals surface area contributed by atoms with Gasteiger partial charge in [-0.05, 0) is 18.6 Å². The van der Waals surface area contributed by atoms with Gasteiger partial charge in [0.05, 0.1) is 6.42 Å². The molecule has 0 radical (unpaired) electrons. The zero-order chi connectivity index (χ0) is 14.5. The second kappa shape index (κ2) is 5.96. The monoisotopic (exact) mass is 274 g/mol. The van der Waals surface area contributed by atoms with Gasteiger partial charge in [0.2, 0.25) is 5.82 Å². The number of rotatable bonds is 5. The third-order valence-electron chi connectivity index (χ3n) is 2.82. The molecule has 1 aromatic heterocycles. The number of H-pyrrole nitrogens is 1. The Morgan fingerprint density at radius 1 is 1.35 bits per heavy atom. The lowest BCUT2D eigenvalue weighted by molar-refractivity contribution is -0.136. The Bertz CT molecular complexity index is 610. The summed E-state index contributed by atoms with van der Waals surface area (Å²) in [6, 6.07) is 7.28. The molecular formula is C13H14N4O3. The van der Waals surface area contributed by atoms with E-state index in [2.05, 4.69) is 15.2 Å². The van der Waals surface area contributed by atoms with Crippen LogP contribution in [0.1, 0.15) is 22.6 Å². The Hall–Kier alpha value is -2.70. The largest absolute Gasteiger partial charge is 0.481 e. The van der Waals surface area contributed by atoms with Gasteiger partial charge in [0.15, 0.2) is 0 Å². The first-order valence-electron chi connectivity index (χ1n) is 6.04. The Morgan fingerprint density at radius 3 is 2.70 bits per heavy atom. The van der Waals surface area contributed by atoms with Gasteiger partial charge in [0.1, 0.15) is 6.33 Å². The number of anilines is 1. The number of benzene rings is 1. The van der Waals surface area contributed by atoms with Crippen LogP contribution in [0.3, 0.4) is 0 Å². The lowest BCUT2D eigenvalue weighted by Gasteiger charge is -2.22. The van der Waals surface area contributed by atoms with E-state index in [-0.39, 0.29) is 18.8 Å². The molecule has 0 saturated heterocycles. The standard InChI is InChI=1S/C13H14N4O3/c1-9-4-2-3-5-10(9)17(7-6-11(18)19)13(20)12-14-8-15-16-12/h2-5,8H,6-7H2,1H3,(H,18,19)(H,14,15,16). The number of carbonyl (C=O) groups is 2. The molecule has 7 heteroatoms. The average molecular weight is 274 g/mol. The van der Waals surface area contributed by atoms with Crippen LogP contribution >= 0.6 is 0 Å². The molecule has 20 heavy (non-hydrogen) atoms. The van der Waals surface area contributed by atoms with Crippen LogP contribution in [0.4, 0.5) is 5.69 Å². The van der Waals surface area contributed by atoms with Crippen molar-refractivity contribution in [2.75, 3.05) is 11.4 Å². The molecule has 0 aliphatic rings. The van der Waals surface area contributed by atoms with Crippen molar-refractivity contribution >= 4 is 17.6 Å². The number of amides is 1. The number of carboxylic acids is 1. The Balaban J connectivity index is 2.32. The van der Waals surface area contributed by atoms with Crippen LogP contribution in [-0.4, -0.2) is 38.7 Å². The molecule has 0 saturated carbocycles. The molecule has 0 atom stereocenters. The molecule has 0 aliphatic heterocycles. The van der Waals surface area contributed by atoms with Crippen molar-refractivity contribution in [3.63, 3.8) is 0 Å². The Morgan fingerprint density at radius 2 is 2.10 bits per heavy atom. The van der Waals surface area contributed by atoms with E-state index in [1.807, 2.05) is 19.1 Å². The highest BCUT2D eigenvalue weighted by Gasteiger charge is 2.22. The molecule has 2 aromatic rings. The molecule has 0 fully saturated rings. The second-order valence-corrected chi connectivity index (χ2v) is 4.22. The van der Waals surface area contributed by atoms with Crippen LogP contribution < -0.4 is 4.90 Å². The summed E-state index contributed by atoms with van der Waals surface area (Å²) < 4.78 is 0. The summed E-state index contributed by atoms with van der Waals surface area (Å²) in [5.41, 5.74) is 1.54. The third kappa shape index (κ3) is 3.00. The third-order valence-corrected chi connectivity index (χ3v) is 2.82. The Kier molecular flexibility index (Phi) is 4.09. The lowest BCUT2D eigenvalue weighted by Crippen LogP contribution is -2.34. The van der Waals surface area contributed by atoms with Crippen molar-refractivity contribution in [1.29, 1.82) is 0 Å². The molecule has 1 heterocycles. The van der Waals surface area contributed by atoms with E-state index in [4.69, 9.17) is 5.11 Å². The number of aromatic nitrogens is 3. The van der Waals surface area contributed by atoms with Crippen molar-refractivity contribution in [3.05, 3.63) is 42.0 Å². The number of aliphatic carboxylic acids is 1. The summed E-state index contributed by atoms with van der Waals surface area (Å²) in [7, 11) is 0. The predicted molar refractivity (Wildman–Crippen MR) is 71.5 cm³/mol. The minimum Gasteiger partial charge on any atom is -0.481 e. The molecular weight excluding hydrogens is 260 g/mol. The smallest absolute Gasteiger partial charge is 0.305 e. The van der Waals surface area contributed by atoms with E-state index in [1.165, 1.54) is 11.2 Å². The number of para-hydroxylation sites is 1. The van der Waals surface area contributed by atoms with Gasteiger partial charge in [-0.25, -0.2) is 4.98 Å². The van der Waals surface area contributed by atoms with E-state index < -0.39 is 11.9 Å². The second-order valence-electron chi connectivity index (χ2n) is 4.22. The van der Waals surface area contributed by atoms with Gasteiger partial charge >= 0.3 is 5.97 Å². The molecule has 7 nitrogen and oxygen atoms in total. The van der Waals surface area contributed by atoms with Crippen molar-refractivity contribution < 1.29 is 14.7 Å². The number of hydrogen-bond donors (Lipinski definition) is 2. The minimum absolute atomic E-state index is 0.0692. The first kappa shape index (κ1) is 13.7. The molecule has 0 unspecified atom stereocenters. The minimum atomic E-state index is -0.964. The molecule has 2 rings (SSSR count). The number of aromatic amines is 1. The van der Waals surface area contributed by atoms with E-state index in [9.17, 15) is 9.59 Å². The van der Waals surface area contributed by atoms with Crippen molar-refractivity contribution in [1.82, 2.24) is 15.2 Å². The van der Waals surface area contributed by atoms with Crippen LogP contribution in [0, 0.1) is 6.92 Å². The molecule has 0 aliphatic carbocycles. The molecule has 0 spiro atoms. The van der Waals surface area contributed by atoms with Gasteiger partial charge in [0, 0.05) is 12.2 Å². The highest BCUT2D eigenvalue weighted by molar-refractivity contribution is 6.04. The number of carbonyl (C=O) groups excluding carboxylic acids is 1. The zero-order valence-electron chi connectivity index (χ0n) is 10.9. The first-order valence-corrected chi connectivity index (χ1v) is 6.04. The topological polar surface area (TPSA) is 99.2 Å². The van der Waals surface area contributed by atoms with Gasteiger partial charge in [-0.2, -0.15) is 5.10 Å². The summed E-state index contributed by atoms with van der Waals surface area (Å²) in [5, 5.41) is 14.9. The van der Waals surface area contributed by atoms with E-state index in [1.54, 1.807) is 12.1 Å². The number of aryl methyl sites for hydroxylation is 1. The summed E-state index contributed by atoms with van der Waals surface area (Å²) in [4.78, 5) is 28.3. The van der Waals surface area contributed by atoms with Gasteiger partial charge in [-0.1, -0.05) is 18.2 Å². The van der Waals surface area contributed by atoms with Crippen molar-refractivity contribution in [3.8, 4) is 0 Å². The zero-order valence-corrected chi connectivity index (χ0v) is 10.9.